The van der Waals surface area contributed by atoms with Gasteiger partial charge in [-0.1, -0.05) is 18.2 Å². The molecule has 5 heteroatoms. The van der Waals surface area contributed by atoms with Crippen LogP contribution in [-0.2, 0) is 11.3 Å². The number of hydrogen-bond acceptors (Lipinski definition) is 4. The fraction of sp³-hybridized carbons (Fsp3) is 0.417. The van der Waals surface area contributed by atoms with Crippen LogP contribution in [0.15, 0.2) is 24.3 Å². The quantitative estimate of drug-likeness (QED) is 0.652. The Morgan fingerprint density at radius 2 is 2.24 bits per heavy atom. The minimum atomic E-state index is -0.268. The Bertz CT molecular complexity index is 369. The second-order valence-corrected chi connectivity index (χ2v) is 3.75. The maximum absolute atomic E-state index is 11.4. The maximum atomic E-state index is 11.4. The van der Waals surface area contributed by atoms with E-state index in [1.165, 1.54) is 0 Å². The molecule has 94 valence electrons. The zero-order chi connectivity index (χ0) is 12.7. The highest BCUT2D eigenvalue weighted by molar-refractivity contribution is 5.77. The normalized spacial score (nSPS) is 11.9. The van der Waals surface area contributed by atoms with Crippen molar-refractivity contribution in [3.05, 3.63) is 29.8 Å². The van der Waals surface area contributed by atoms with E-state index >= 15 is 0 Å². The number of ether oxygens (including phenoxy) is 1. The van der Waals surface area contributed by atoms with Crippen LogP contribution < -0.4 is 15.8 Å². The molecule has 0 saturated heterocycles. The number of rotatable bonds is 6. The Labute approximate surface area is 101 Å². The molecule has 0 aliphatic rings. The van der Waals surface area contributed by atoms with E-state index in [-0.39, 0.29) is 25.2 Å². The van der Waals surface area contributed by atoms with E-state index in [0.29, 0.717) is 12.3 Å². The third-order valence-corrected chi connectivity index (χ3v) is 2.23. The Kier molecular flexibility index (Phi) is 5.45. The molecule has 1 aromatic rings. The van der Waals surface area contributed by atoms with Gasteiger partial charge in [-0.2, -0.15) is 0 Å². The van der Waals surface area contributed by atoms with Gasteiger partial charge in [0.1, 0.15) is 5.75 Å². The lowest BCUT2D eigenvalue weighted by Crippen LogP contribution is -2.38. The molecule has 1 amide bonds. The van der Waals surface area contributed by atoms with Crippen molar-refractivity contribution in [2.24, 2.45) is 5.73 Å². The standard InChI is InChI=1S/C12H18N2O3/c1-9(7-15)14-12(16)8-17-11-5-3-2-4-10(11)6-13/h2-5,9,15H,6-8,13H2,1H3,(H,14,16)/t9-/m1/s1. The third kappa shape index (κ3) is 4.42. The molecule has 0 bridgehead atoms. The van der Waals surface area contributed by atoms with Crippen LogP contribution in [0.3, 0.4) is 0 Å². The molecule has 0 heterocycles. The number of para-hydroxylation sites is 1. The molecule has 0 aliphatic heterocycles. The first kappa shape index (κ1) is 13.5. The van der Waals surface area contributed by atoms with Crippen molar-refractivity contribution in [3.63, 3.8) is 0 Å². The lowest BCUT2D eigenvalue weighted by atomic mass is 10.2. The van der Waals surface area contributed by atoms with Gasteiger partial charge in [-0.05, 0) is 13.0 Å². The lowest BCUT2D eigenvalue weighted by Gasteiger charge is -2.13. The maximum Gasteiger partial charge on any atom is 0.258 e. The number of aliphatic hydroxyl groups excluding tert-OH is 1. The molecular weight excluding hydrogens is 220 g/mol. The van der Waals surface area contributed by atoms with Crippen LogP contribution in [0.5, 0.6) is 5.75 Å². The summed E-state index contributed by atoms with van der Waals surface area (Å²) in [6, 6.07) is 7.04. The molecule has 4 N–H and O–H groups in total. The van der Waals surface area contributed by atoms with E-state index in [9.17, 15) is 4.79 Å². The minimum Gasteiger partial charge on any atom is -0.483 e. The number of nitrogens with one attached hydrogen (secondary N) is 1. The second-order valence-electron chi connectivity index (χ2n) is 3.75. The van der Waals surface area contributed by atoms with Crippen LogP contribution in [0.4, 0.5) is 0 Å². The highest BCUT2D eigenvalue weighted by Crippen LogP contribution is 2.16. The SMILES string of the molecule is C[C@H](CO)NC(=O)COc1ccccc1CN. The van der Waals surface area contributed by atoms with Gasteiger partial charge in [0, 0.05) is 18.2 Å². The molecule has 1 rings (SSSR count). The van der Waals surface area contributed by atoms with Crippen molar-refractivity contribution < 1.29 is 14.6 Å². The summed E-state index contributed by atoms with van der Waals surface area (Å²) in [5.41, 5.74) is 6.40. The number of nitrogens with two attached hydrogens (primary N) is 1. The number of carbonyl (C=O) groups is 1. The van der Waals surface area contributed by atoms with Crippen LogP contribution >= 0.6 is 0 Å². The van der Waals surface area contributed by atoms with Crippen molar-refractivity contribution in [1.82, 2.24) is 5.32 Å². The minimum absolute atomic E-state index is 0.0820. The zero-order valence-corrected chi connectivity index (χ0v) is 9.85. The highest BCUT2D eigenvalue weighted by atomic mass is 16.5. The number of carbonyl (C=O) groups excluding carboxylic acids is 1. The fourth-order valence-corrected chi connectivity index (χ4v) is 1.32. The number of benzene rings is 1. The molecule has 0 spiro atoms. The van der Waals surface area contributed by atoms with Crippen molar-refractivity contribution in [2.75, 3.05) is 13.2 Å². The molecule has 0 radical (unpaired) electrons. The summed E-state index contributed by atoms with van der Waals surface area (Å²) in [4.78, 5) is 11.4. The molecule has 5 nitrogen and oxygen atoms in total. The number of aliphatic hydroxyl groups is 1. The van der Waals surface area contributed by atoms with Crippen LogP contribution in [0.1, 0.15) is 12.5 Å². The van der Waals surface area contributed by atoms with E-state index in [1.54, 1.807) is 13.0 Å². The summed E-state index contributed by atoms with van der Waals surface area (Å²) in [7, 11) is 0. The van der Waals surface area contributed by atoms with E-state index in [0.717, 1.165) is 5.56 Å². The average Bonchev–Trinajstić information content (AvgIpc) is 2.36. The Morgan fingerprint density at radius 3 is 2.88 bits per heavy atom. The van der Waals surface area contributed by atoms with Gasteiger partial charge in [0.2, 0.25) is 0 Å². The Morgan fingerprint density at radius 1 is 1.53 bits per heavy atom. The van der Waals surface area contributed by atoms with Gasteiger partial charge >= 0.3 is 0 Å². The Hall–Kier alpha value is -1.59. The molecule has 0 fully saturated rings. The van der Waals surface area contributed by atoms with Gasteiger partial charge in [0.15, 0.2) is 6.61 Å². The first-order valence-electron chi connectivity index (χ1n) is 5.48. The fourth-order valence-electron chi connectivity index (χ4n) is 1.32. The molecule has 0 aromatic heterocycles. The first-order chi connectivity index (χ1) is 8.17. The van der Waals surface area contributed by atoms with Gasteiger partial charge < -0.3 is 20.9 Å². The summed E-state index contributed by atoms with van der Waals surface area (Å²) in [6.07, 6.45) is 0. The first-order valence-corrected chi connectivity index (χ1v) is 5.48. The van der Waals surface area contributed by atoms with E-state index in [4.69, 9.17) is 15.6 Å². The predicted molar refractivity (Wildman–Crippen MR) is 64.5 cm³/mol. The number of amides is 1. The van der Waals surface area contributed by atoms with Crippen molar-refractivity contribution in [1.29, 1.82) is 0 Å². The van der Waals surface area contributed by atoms with Crippen LogP contribution in [0.25, 0.3) is 0 Å². The zero-order valence-electron chi connectivity index (χ0n) is 9.85. The molecule has 1 atom stereocenters. The van der Waals surface area contributed by atoms with Crippen molar-refractivity contribution in [2.45, 2.75) is 19.5 Å². The van der Waals surface area contributed by atoms with Crippen molar-refractivity contribution >= 4 is 5.91 Å². The topological polar surface area (TPSA) is 84.6 Å². The largest absolute Gasteiger partial charge is 0.483 e. The van der Waals surface area contributed by atoms with Gasteiger partial charge in [-0.25, -0.2) is 0 Å². The second kappa shape index (κ2) is 6.88. The molecular formula is C12H18N2O3. The van der Waals surface area contributed by atoms with E-state index in [2.05, 4.69) is 5.32 Å². The molecule has 17 heavy (non-hydrogen) atoms. The monoisotopic (exact) mass is 238 g/mol. The Balaban J connectivity index is 2.47. The molecule has 0 aliphatic carbocycles. The third-order valence-electron chi connectivity index (χ3n) is 2.23. The van der Waals surface area contributed by atoms with Crippen LogP contribution in [0, 0.1) is 0 Å². The van der Waals surface area contributed by atoms with Crippen LogP contribution in [-0.4, -0.2) is 30.3 Å². The molecule has 0 unspecified atom stereocenters. The molecule has 1 aromatic carbocycles. The molecule has 0 saturated carbocycles. The lowest BCUT2D eigenvalue weighted by molar-refractivity contribution is -0.124. The summed E-state index contributed by atoms with van der Waals surface area (Å²) >= 11 is 0. The number of hydrogen-bond donors (Lipinski definition) is 3. The van der Waals surface area contributed by atoms with Gasteiger partial charge in [-0.3, -0.25) is 4.79 Å². The summed E-state index contributed by atoms with van der Waals surface area (Å²) in [5, 5.41) is 11.4. The van der Waals surface area contributed by atoms with Gasteiger partial charge in [0.25, 0.3) is 5.91 Å². The summed E-state index contributed by atoms with van der Waals surface area (Å²) < 4.78 is 5.36. The van der Waals surface area contributed by atoms with Crippen LogP contribution in [0.2, 0.25) is 0 Å². The average molecular weight is 238 g/mol. The van der Waals surface area contributed by atoms with Gasteiger partial charge in [0.05, 0.1) is 6.61 Å². The summed E-state index contributed by atoms with van der Waals surface area (Å²) in [6.45, 7) is 1.91. The highest BCUT2D eigenvalue weighted by Gasteiger charge is 2.08. The van der Waals surface area contributed by atoms with E-state index < -0.39 is 0 Å². The smallest absolute Gasteiger partial charge is 0.258 e. The van der Waals surface area contributed by atoms with E-state index in [1.807, 2.05) is 18.2 Å². The van der Waals surface area contributed by atoms with Gasteiger partial charge in [-0.15, -0.1) is 0 Å². The van der Waals surface area contributed by atoms with Crippen molar-refractivity contribution in [3.8, 4) is 5.75 Å². The predicted octanol–water partition coefficient (Wildman–Crippen LogP) is 0.0211. The summed E-state index contributed by atoms with van der Waals surface area (Å²) in [5.74, 6) is 0.347.